The quantitative estimate of drug-likeness (QED) is 0.620. The molecule has 1 atom stereocenters. The number of non-ortho nitro benzene ring substituents is 1. The molecule has 28 heavy (non-hydrogen) atoms. The van der Waals surface area contributed by atoms with Crippen molar-refractivity contribution < 1.29 is 14.5 Å². The van der Waals surface area contributed by atoms with E-state index in [0.717, 1.165) is 5.56 Å². The number of carbonyl (C=O) groups is 2. The molecule has 3 amide bonds. The highest BCUT2D eigenvalue weighted by Crippen LogP contribution is 2.24. The number of para-hydroxylation sites is 1. The first-order valence-electron chi connectivity index (χ1n) is 9.11. The second-order valence-corrected chi connectivity index (χ2v) is 6.83. The fraction of sp³-hybridized carbons (Fsp3) is 0.300. The zero-order valence-corrected chi connectivity index (χ0v) is 15.6. The van der Waals surface area contributed by atoms with Gasteiger partial charge in [0.15, 0.2) is 0 Å². The molecule has 1 aliphatic heterocycles. The van der Waals surface area contributed by atoms with Crippen LogP contribution in [0.1, 0.15) is 18.4 Å². The minimum atomic E-state index is -0.495. The lowest BCUT2D eigenvalue weighted by Gasteiger charge is -2.32. The Labute approximate surface area is 162 Å². The average Bonchev–Trinajstić information content (AvgIpc) is 2.70. The SMILES string of the molecule is Cc1ccc([N+](=O)[O-])cc1NC(=O)C1CCCN(C(=O)Nc2ccccc2)C1. The summed E-state index contributed by atoms with van der Waals surface area (Å²) in [6, 6.07) is 13.3. The van der Waals surface area contributed by atoms with Crippen LogP contribution in [0.25, 0.3) is 0 Å². The van der Waals surface area contributed by atoms with Crippen LogP contribution in [0.2, 0.25) is 0 Å². The Kier molecular flexibility index (Phi) is 5.88. The molecule has 2 aromatic carbocycles. The average molecular weight is 382 g/mol. The van der Waals surface area contributed by atoms with Crippen LogP contribution in [-0.2, 0) is 4.79 Å². The highest BCUT2D eigenvalue weighted by Gasteiger charge is 2.29. The molecule has 0 aromatic heterocycles. The third-order valence-corrected chi connectivity index (χ3v) is 4.79. The number of nitrogens with zero attached hydrogens (tertiary/aromatic N) is 2. The number of benzene rings is 2. The molecule has 0 spiro atoms. The van der Waals surface area contributed by atoms with Gasteiger partial charge in [0.1, 0.15) is 0 Å². The summed E-state index contributed by atoms with van der Waals surface area (Å²) in [5, 5.41) is 16.6. The van der Waals surface area contributed by atoms with Crippen LogP contribution in [0, 0.1) is 23.0 Å². The van der Waals surface area contributed by atoms with E-state index in [1.54, 1.807) is 30.0 Å². The van der Waals surface area contributed by atoms with Gasteiger partial charge in [0, 0.05) is 30.9 Å². The van der Waals surface area contributed by atoms with Crippen LogP contribution < -0.4 is 10.6 Å². The minimum absolute atomic E-state index is 0.0755. The van der Waals surface area contributed by atoms with Gasteiger partial charge in [0.2, 0.25) is 5.91 Å². The van der Waals surface area contributed by atoms with Crippen LogP contribution >= 0.6 is 0 Å². The van der Waals surface area contributed by atoms with Gasteiger partial charge in [-0.2, -0.15) is 0 Å². The van der Waals surface area contributed by atoms with E-state index in [9.17, 15) is 19.7 Å². The van der Waals surface area contributed by atoms with Gasteiger partial charge in [0.05, 0.1) is 16.5 Å². The van der Waals surface area contributed by atoms with Crippen molar-refractivity contribution in [2.24, 2.45) is 5.92 Å². The molecule has 1 unspecified atom stereocenters. The summed E-state index contributed by atoms with van der Waals surface area (Å²) >= 11 is 0. The van der Waals surface area contributed by atoms with Crippen molar-refractivity contribution in [2.75, 3.05) is 23.7 Å². The maximum Gasteiger partial charge on any atom is 0.321 e. The van der Waals surface area contributed by atoms with E-state index < -0.39 is 4.92 Å². The molecule has 1 fully saturated rings. The van der Waals surface area contributed by atoms with Gasteiger partial charge in [-0.05, 0) is 37.5 Å². The molecule has 2 aromatic rings. The van der Waals surface area contributed by atoms with Crippen molar-refractivity contribution in [2.45, 2.75) is 19.8 Å². The standard InChI is InChI=1S/C20H22N4O4/c1-14-9-10-17(24(27)28)12-18(14)22-19(25)15-6-5-11-23(13-15)20(26)21-16-7-3-2-4-8-16/h2-4,7-10,12,15H,5-6,11,13H2,1H3,(H,21,26)(H,22,25). The fourth-order valence-corrected chi connectivity index (χ4v) is 3.19. The van der Waals surface area contributed by atoms with Crippen molar-refractivity contribution in [3.05, 3.63) is 64.2 Å². The Morgan fingerprint density at radius 3 is 2.61 bits per heavy atom. The second-order valence-electron chi connectivity index (χ2n) is 6.83. The molecular formula is C20H22N4O4. The van der Waals surface area contributed by atoms with Crippen LogP contribution in [0.3, 0.4) is 0 Å². The number of piperidine rings is 1. The van der Waals surface area contributed by atoms with Crippen LogP contribution in [-0.4, -0.2) is 34.9 Å². The maximum atomic E-state index is 12.7. The Morgan fingerprint density at radius 1 is 1.14 bits per heavy atom. The Hall–Kier alpha value is -3.42. The Bertz CT molecular complexity index is 885. The number of hydrogen-bond donors (Lipinski definition) is 2. The molecular weight excluding hydrogens is 360 g/mol. The number of likely N-dealkylation sites (tertiary alicyclic amines) is 1. The molecule has 146 valence electrons. The number of rotatable bonds is 4. The number of nitrogens with one attached hydrogen (secondary N) is 2. The Balaban J connectivity index is 1.64. The molecule has 0 radical (unpaired) electrons. The predicted molar refractivity (Wildman–Crippen MR) is 106 cm³/mol. The monoisotopic (exact) mass is 382 g/mol. The van der Waals surface area contributed by atoms with Crippen molar-refractivity contribution >= 4 is 29.0 Å². The minimum Gasteiger partial charge on any atom is -0.325 e. The van der Waals surface area contributed by atoms with E-state index in [1.165, 1.54) is 12.1 Å². The summed E-state index contributed by atoms with van der Waals surface area (Å²) in [7, 11) is 0. The summed E-state index contributed by atoms with van der Waals surface area (Å²) < 4.78 is 0. The molecule has 3 rings (SSSR count). The molecule has 2 N–H and O–H groups in total. The summed E-state index contributed by atoms with van der Waals surface area (Å²) in [5.41, 5.74) is 1.79. The van der Waals surface area contributed by atoms with E-state index in [4.69, 9.17) is 0 Å². The molecule has 1 saturated heterocycles. The molecule has 1 aliphatic rings. The van der Waals surface area contributed by atoms with Gasteiger partial charge in [-0.25, -0.2) is 4.79 Å². The highest BCUT2D eigenvalue weighted by atomic mass is 16.6. The van der Waals surface area contributed by atoms with Crippen LogP contribution in [0.5, 0.6) is 0 Å². The van der Waals surface area contributed by atoms with Gasteiger partial charge in [-0.3, -0.25) is 14.9 Å². The van der Waals surface area contributed by atoms with Gasteiger partial charge < -0.3 is 15.5 Å². The fourth-order valence-electron chi connectivity index (χ4n) is 3.19. The van der Waals surface area contributed by atoms with E-state index in [1.807, 2.05) is 18.2 Å². The number of urea groups is 1. The number of anilines is 2. The van der Waals surface area contributed by atoms with Crippen molar-refractivity contribution in [3.8, 4) is 0 Å². The molecule has 8 nitrogen and oxygen atoms in total. The lowest BCUT2D eigenvalue weighted by molar-refractivity contribution is -0.384. The number of aryl methyl sites for hydroxylation is 1. The smallest absolute Gasteiger partial charge is 0.321 e. The number of nitro benzene ring substituents is 1. The zero-order chi connectivity index (χ0) is 20.1. The van der Waals surface area contributed by atoms with Gasteiger partial charge in [-0.1, -0.05) is 24.3 Å². The largest absolute Gasteiger partial charge is 0.325 e. The lowest BCUT2D eigenvalue weighted by atomic mass is 9.97. The number of nitro groups is 1. The van der Waals surface area contributed by atoms with Crippen LogP contribution in [0.15, 0.2) is 48.5 Å². The zero-order valence-electron chi connectivity index (χ0n) is 15.6. The number of hydrogen-bond acceptors (Lipinski definition) is 4. The van der Waals surface area contributed by atoms with Gasteiger partial charge in [0.25, 0.3) is 5.69 Å². The summed E-state index contributed by atoms with van der Waals surface area (Å²) in [6.07, 6.45) is 1.38. The third kappa shape index (κ3) is 4.64. The van der Waals surface area contributed by atoms with Crippen molar-refractivity contribution in [1.29, 1.82) is 0 Å². The van der Waals surface area contributed by atoms with E-state index in [0.29, 0.717) is 37.3 Å². The summed E-state index contributed by atoms with van der Waals surface area (Å²) in [6.45, 7) is 2.66. The first kappa shape index (κ1) is 19.3. The normalized spacial score (nSPS) is 16.3. The van der Waals surface area contributed by atoms with Gasteiger partial charge in [-0.15, -0.1) is 0 Å². The van der Waals surface area contributed by atoms with E-state index in [2.05, 4.69) is 10.6 Å². The molecule has 0 saturated carbocycles. The molecule has 1 heterocycles. The van der Waals surface area contributed by atoms with Crippen LogP contribution in [0.4, 0.5) is 21.9 Å². The number of carbonyl (C=O) groups excluding carboxylic acids is 2. The predicted octanol–water partition coefficient (Wildman–Crippen LogP) is 3.79. The van der Waals surface area contributed by atoms with Crippen molar-refractivity contribution in [3.63, 3.8) is 0 Å². The maximum absolute atomic E-state index is 12.7. The van der Waals surface area contributed by atoms with E-state index in [-0.39, 0.29) is 23.5 Å². The second kappa shape index (κ2) is 8.51. The lowest BCUT2D eigenvalue weighted by Crippen LogP contribution is -2.45. The summed E-state index contributed by atoms with van der Waals surface area (Å²) in [5.74, 6) is -0.602. The first-order valence-corrected chi connectivity index (χ1v) is 9.11. The summed E-state index contributed by atoms with van der Waals surface area (Å²) in [4.78, 5) is 37.3. The molecule has 0 aliphatic carbocycles. The molecule has 8 heteroatoms. The Morgan fingerprint density at radius 2 is 1.89 bits per heavy atom. The molecule has 0 bridgehead atoms. The van der Waals surface area contributed by atoms with Gasteiger partial charge >= 0.3 is 6.03 Å². The number of amides is 3. The topological polar surface area (TPSA) is 105 Å². The van der Waals surface area contributed by atoms with Crippen molar-refractivity contribution in [1.82, 2.24) is 4.90 Å². The first-order chi connectivity index (χ1) is 13.4. The third-order valence-electron chi connectivity index (χ3n) is 4.79. The highest BCUT2D eigenvalue weighted by molar-refractivity contribution is 5.95. The van der Waals surface area contributed by atoms with E-state index >= 15 is 0 Å².